The lowest BCUT2D eigenvalue weighted by Gasteiger charge is -2.01. The Morgan fingerprint density at radius 1 is 0.609 bits per heavy atom. The zero-order chi connectivity index (χ0) is 15.9. The molecule has 3 heteroatoms. The molecule has 23 heavy (non-hydrogen) atoms. The molecule has 3 aromatic rings. The lowest BCUT2D eigenvalue weighted by Crippen LogP contribution is -1.81. The van der Waals surface area contributed by atoms with Crippen molar-refractivity contribution in [2.45, 2.75) is 0 Å². The second kappa shape index (κ2) is 7.18. The molecule has 0 aromatic heterocycles. The summed E-state index contributed by atoms with van der Waals surface area (Å²) < 4.78 is 0. The van der Waals surface area contributed by atoms with Crippen LogP contribution in [-0.4, -0.2) is 17.5 Å². The van der Waals surface area contributed by atoms with Crippen LogP contribution in [-0.2, 0) is 0 Å². The highest BCUT2D eigenvalue weighted by molar-refractivity contribution is 5.88. The predicted molar refractivity (Wildman–Crippen MR) is 95.5 cm³/mol. The van der Waals surface area contributed by atoms with Gasteiger partial charge in [0.15, 0.2) is 0 Å². The fraction of sp³-hybridized carbons (Fsp3) is 0. The van der Waals surface area contributed by atoms with E-state index in [2.05, 4.69) is 9.98 Å². The van der Waals surface area contributed by atoms with Crippen molar-refractivity contribution >= 4 is 23.8 Å². The van der Waals surface area contributed by atoms with E-state index in [1.807, 2.05) is 72.9 Å². The first-order chi connectivity index (χ1) is 11.3. The molecule has 0 bridgehead atoms. The maximum Gasteiger partial charge on any atom is 0.124 e. The van der Waals surface area contributed by atoms with Gasteiger partial charge in [0.2, 0.25) is 0 Å². The van der Waals surface area contributed by atoms with Crippen molar-refractivity contribution in [1.29, 1.82) is 0 Å². The molecule has 0 saturated carbocycles. The van der Waals surface area contributed by atoms with E-state index in [9.17, 15) is 5.11 Å². The van der Waals surface area contributed by atoms with E-state index in [-0.39, 0.29) is 5.75 Å². The van der Waals surface area contributed by atoms with Crippen molar-refractivity contribution < 1.29 is 5.11 Å². The second-order valence-corrected chi connectivity index (χ2v) is 4.97. The van der Waals surface area contributed by atoms with Crippen LogP contribution in [0.1, 0.15) is 11.1 Å². The minimum Gasteiger partial charge on any atom is -0.507 e. The van der Waals surface area contributed by atoms with Crippen molar-refractivity contribution in [1.82, 2.24) is 0 Å². The van der Waals surface area contributed by atoms with Crippen molar-refractivity contribution in [3.63, 3.8) is 0 Å². The average Bonchev–Trinajstić information content (AvgIpc) is 2.61. The smallest absolute Gasteiger partial charge is 0.124 e. The molecule has 0 atom stereocenters. The van der Waals surface area contributed by atoms with Gasteiger partial charge in [-0.15, -0.1) is 0 Å². The van der Waals surface area contributed by atoms with E-state index in [1.165, 1.54) is 0 Å². The van der Waals surface area contributed by atoms with Gasteiger partial charge in [0.1, 0.15) is 5.75 Å². The van der Waals surface area contributed by atoms with Crippen LogP contribution >= 0.6 is 0 Å². The Balaban J connectivity index is 1.87. The summed E-state index contributed by atoms with van der Waals surface area (Å²) in [5, 5.41) is 9.79. The van der Waals surface area contributed by atoms with Crippen LogP contribution in [0, 0.1) is 0 Å². The van der Waals surface area contributed by atoms with Crippen LogP contribution < -0.4 is 0 Å². The number of phenols is 1. The van der Waals surface area contributed by atoms with E-state index in [1.54, 1.807) is 18.3 Å². The van der Waals surface area contributed by atoms with Crippen LogP contribution in [0.5, 0.6) is 5.75 Å². The van der Waals surface area contributed by atoms with E-state index < -0.39 is 0 Å². The molecule has 112 valence electrons. The van der Waals surface area contributed by atoms with E-state index in [0.717, 1.165) is 16.9 Å². The topological polar surface area (TPSA) is 45.0 Å². The summed E-state index contributed by atoms with van der Waals surface area (Å²) in [6.07, 6.45) is 3.46. The SMILES string of the molecule is Oc1ccccc1/C=N/c1ccccc1/N=C/c1ccccc1. The number of nitrogens with zero attached hydrogens (tertiary/aromatic N) is 2. The Labute approximate surface area is 135 Å². The van der Waals surface area contributed by atoms with Crippen LogP contribution in [0.3, 0.4) is 0 Å². The van der Waals surface area contributed by atoms with E-state index in [0.29, 0.717) is 5.56 Å². The minimum atomic E-state index is 0.210. The molecule has 0 aliphatic carbocycles. The van der Waals surface area contributed by atoms with Gasteiger partial charge in [-0.2, -0.15) is 0 Å². The van der Waals surface area contributed by atoms with Crippen LogP contribution in [0.25, 0.3) is 0 Å². The third-order valence-electron chi connectivity index (χ3n) is 3.31. The van der Waals surface area contributed by atoms with Gasteiger partial charge in [-0.05, 0) is 29.8 Å². The van der Waals surface area contributed by atoms with Crippen molar-refractivity contribution in [2.75, 3.05) is 0 Å². The molecule has 0 heterocycles. The quantitative estimate of drug-likeness (QED) is 0.685. The summed E-state index contributed by atoms with van der Waals surface area (Å²) in [7, 11) is 0. The van der Waals surface area contributed by atoms with Gasteiger partial charge < -0.3 is 5.11 Å². The molecule has 0 aliphatic heterocycles. The van der Waals surface area contributed by atoms with Gasteiger partial charge >= 0.3 is 0 Å². The first-order valence-corrected chi connectivity index (χ1v) is 7.33. The fourth-order valence-electron chi connectivity index (χ4n) is 2.10. The molecule has 3 nitrogen and oxygen atoms in total. The molecule has 0 amide bonds. The lowest BCUT2D eigenvalue weighted by molar-refractivity contribution is 0.474. The predicted octanol–water partition coefficient (Wildman–Crippen LogP) is 4.89. The zero-order valence-corrected chi connectivity index (χ0v) is 12.5. The third kappa shape index (κ3) is 3.92. The summed E-state index contributed by atoms with van der Waals surface area (Å²) in [4.78, 5) is 8.96. The Bertz CT molecular complexity index is 839. The summed E-state index contributed by atoms with van der Waals surface area (Å²) in [6, 6.07) is 24.7. The van der Waals surface area contributed by atoms with E-state index >= 15 is 0 Å². The first kappa shape index (κ1) is 14.7. The van der Waals surface area contributed by atoms with Gasteiger partial charge in [-0.1, -0.05) is 54.6 Å². The zero-order valence-electron chi connectivity index (χ0n) is 12.5. The number of rotatable bonds is 4. The average molecular weight is 300 g/mol. The highest BCUT2D eigenvalue weighted by atomic mass is 16.3. The molecule has 1 N–H and O–H groups in total. The molecule has 0 saturated heterocycles. The number of hydrogen-bond acceptors (Lipinski definition) is 3. The van der Waals surface area contributed by atoms with Crippen molar-refractivity contribution in [2.24, 2.45) is 9.98 Å². The maximum atomic E-state index is 9.79. The lowest BCUT2D eigenvalue weighted by atomic mass is 10.2. The van der Waals surface area contributed by atoms with Gasteiger partial charge in [-0.3, -0.25) is 9.98 Å². The van der Waals surface area contributed by atoms with Gasteiger partial charge in [0.25, 0.3) is 0 Å². The fourth-order valence-corrected chi connectivity index (χ4v) is 2.10. The Hall–Kier alpha value is -3.20. The maximum absolute atomic E-state index is 9.79. The standard InChI is InChI=1S/C20H16N2O/c23-20-13-7-4-10-17(20)15-22-19-12-6-5-11-18(19)21-14-16-8-2-1-3-9-16/h1-15,23H/b21-14+,22-15+. The number of hydrogen-bond donors (Lipinski definition) is 1. The van der Waals surface area contributed by atoms with Crippen molar-refractivity contribution in [3.8, 4) is 5.75 Å². The molecule has 0 aliphatic rings. The largest absolute Gasteiger partial charge is 0.507 e. The molecule has 3 rings (SSSR count). The summed E-state index contributed by atoms with van der Waals surface area (Å²) in [5.74, 6) is 0.210. The molecule has 0 fully saturated rings. The number of aromatic hydroxyl groups is 1. The molecular weight excluding hydrogens is 284 g/mol. The first-order valence-electron chi connectivity index (χ1n) is 7.33. The molecule has 3 aromatic carbocycles. The monoisotopic (exact) mass is 300 g/mol. The third-order valence-corrected chi connectivity index (χ3v) is 3.31. The number of aliphatic imine (C=N–C) groups is 2. The number of phenolic OH excluding ortho intramolecular Hbond substituents is 1. The summed E-state index contributed by atoms with van der Waals surface area (Å²) >= 11 is 0. The normalized spacial score (nSPS) is 11.3. The highest BCUT2D eigenvalue weighted by Crippen LogP contribution is 2.27. The summed E-state index contributed by atoms with van der Waals surface area (Å²) in [6.45, 7) is 0. The van der Waals surface area contributed by atoms with Crippen LogP contribution in [0.15, 0.2) is 88.8 Å². The van der Waals surface area contributed by atoms with Crippen LogP contribution in [0.2, 0.25) is 0 Å². The summed E-state index contributed by atoms with van der Waals surface area (Å²) in [5.41, 5.74) is 3.24. The minimum absolute atomic E-state index is 0.210. The number of benzene rings is 3. The highest BCUT2D eigenvalue weighted by Gasteiger charge is 1.99. The van der Waals surface area contributed by atoms with Gasteiger partial charge in [0, 0.05) is 18.0 Å². The molecular formula is C20H16N2O. The Morgan fingerprint density at radius 2 is 1.17 bits per heavy atom. The van der Waals surface area contributed by atoms with Crippen molar-refractivity contribution in [3.05, 3.63) is 90.0 Å². The number of para-hydroxylation sites is 3. The Morgan fingerprint density at radius 3 is 1.87 bits per heavy atom. The van der Waals surface area contributed by atoms with Gasteiger partial charge in [-0.25, -0.2) is 0 Å². The van der Waals surface area contributed by atoms with Crippen LogP contribution in [0.4, 0.5) is 11.4 Å². The van der Waals surface area contributed by atoms with Gasteiger partial charge in [0.05, 0.1) is 11.4 Å². The molecule has 0 unspecified atom stereocenters. The molecule has 0 spiro atoms. The van der Waals surface area contributed by atoms with E-state index in [4.69, 9.17) is 0 Å². The second-order valence-electron chi connectivity index (χ2n) is 4.97. The molecule has 0 radical (unpaired) electrons. The Kier molecular flexibility index (Phi) is 4.60.